The van der Waals surface area contributed by atoms with E-state index in [2.05, 4.69) is 20.7 Å². The van der Waals surface area contributed by atoms with Crippen LogP contribution in [0.25, 0.3) is 0 Å². The molecule has 1 aromatic rings. The number of nitrogen functional groups attached to an aromatic ring is 1. The molecule has 0 saturated heterocycles. The van der Waals surface area contributed by atoms with Crippen molar-refractivity contribution >= 4 is 43.4 Å². The van der Waals surface area contributed by atoms with Crippen molar-refractivity contribution in [1.82, 2.24) is 4.72 Å². The van der Waals surface area contributed by atoms with Crippen LogP contribution in [0.1, 0.15) is 6.92 Å². The molecular formula is C11H17BrN2O3S2. The summed E-state index contributed by atoms with van der Waals surface area (Å²) in [4.78, 5) is 0.109. The van der Waals surface area contributed by atoms with Crippen LogP contribution in [0.15, 0.2) is 27.6 Å². The minimum Gasteiger partial charge on any atom is -0.398 e. The molecule has 1 aromatic carbocycles. The van der Waals surface area contributed by atoms with Crippen LogP contribution in [0.4, 0.5) is 5.69 Å². The maximum Gasteiger partial charge on any atom is 0.240 e. The quantitative estimate of drug-likeness (QED) is 0.660. The van der Waals surface area contributed by atoms with Gasteiger partial charge < -0.3 is 10.8 Å². The Morgan fingerprint density at radius 3 is 2.63 bits per heavy atom. The first-order valence-electron chi connectivity index (χ1n) is 5.53. The molecule has 0 fully saturated rings. The number of nitrogens with two attached hydrogens (primary N) is 1. The van der Waals surface area contributed by atoms with Gasteiger partial charge in [0.05, 0.1) is 11.5 Å². The normalized spacial score (nSPS) is 15.2. The Morgan fingerprint density at radius 2 is 2.16 bits per heavy atom. The molecule has 0 heterocycles. The van der Waals surface area contributed by atoms with Crippen molar-refractivity contribution in [3.8, 4) is 0 Å². The lowest BCUT2D eigenvalue weighted by Gasteiger charge is -2.21. The van der Waals surface area contributed by atoms with Crippen LogP contribution >= 0.6 is 27.7 Å². The summed E-state index contributed by atoms with van der Waals surface area (Å²) >= 11 is 4.63. The number of hydrogen-bond acceptors (Lipinski definition) is 5. The number of sulfonamides is 1. The van der Waals surface area contributed by atoms with Crippen LogP contribution < -0.4 is 10.5 Å². The first-order valence-corrected chi connectivity index (χ1v) is 9.09. The highest BCUT2D eigenvalue weighted by Crippen LogP contribution is 2.23. The zero-order valence-corrected chi connectivity index (χ0v) is 13.8. The van der Waals surface area contributed by atoms with Gasteiger partial charge in [0.1, 0.15) is 0 Å². The lowest BCUT2D eigenvalue weighted by Crippen LogP contribution is -2.41. The number of hydrogen-bond donors (Lipinski definition) is 3. The van der Waals surface area contributed by atoms with E-state index in [9.17, 15) is 8.42 Å². The van der Waals surface area contributed by atoms with Crippen LogP contribution in [0.2, 0.25) is 0 Å². The summed E-state index contributed by atoms with van der Waals surface area (Å²) in [6, 6.07) is 4.08. The molecular weight excluding hydrogens is 352 g/mol. The summed E-state index contributed by atoms with van der Waals surface area (Å²) in [7, 11) is -3.64. The maximum atomic E-state index is 12.2. The van der Waals surface area contributed by atoms with E-state index in [1.807, 2.05) is 6.26 Å². The van der Waals surface area contributed by atoms with E-state index < -0.39 is 10.0 Å². The lowest BCUT2D eigenvalue weighted by molar-refractivity contribution is 0.282. The Bertz CT molecular complexity index is 533. The van der Waals surface area contributed by atoms with E-state index in [0.717, 1.165) is 0 Å². The predicted molar refractivity (Wildman–Crippen MR) is 82.7 cm³/mol. The average Bonchev–Trinajstić information content (AvgIpc) is 2.33. The first kappa shape index (κ1) is 16.8. The van der Waals surface area contributed by atoms with Gasteiger partial charge in [-0.1, -0.05) is 0 Å². The van der Waals surface area contributed by atoms with Gasteiger partial charge in [0, 0.05) is 21.5 Å². The molecule has 5 nitrogen and oxygen atoms in total. The van der Waals surface area contributed by atoms with Crippen LogP contribution in [0.5, 0.6) is 0 Å². The molecule has 0 bridgehead atoms. The topological polar surface area (TPSA) is 92.4 Å². The molecule has 0 saturated carbocycles. The monoisotopic (exact) mass is 368 g/mol. The fourth-order valence-corrected chi connectivity index (χ4v) is 3.79. The van der Waals surface area contributed by atoms with Crippen molar-refractivity contribution in [3.63, 3.8) is 0 Å². The summed E-state index contributed by atoms with van der Waals surface area (Å²) in [5.41, 5.74) is 6.04. The number of benzene rings is 1. The summed E-state index contributed by atoms with van der Waals surface area (Å²) < 4.78 is 27.5. The van der Waals surface area contributed by atoms with Gasteiger partial charge in [0.2, 0.25) is 10.0 Å². The molecule has 0 aliphatic carbocycles. The van der Waals surface area contributed by atoms with Crippen LogP contribution in [0.3, 0.4) is 0 Å². The largest absolute Gasteiger partial charge is 0.398 e. The van der Waals surface area contributed by atoms with Gasteiger partial charge in [-0.05, 0) is 47.3 Å². The number of anilines is 1. The van der Waals surface area contributed by atoms with Crippen LogP contribution in [-0.4, -0.2) is 37.7 Å². The van der Waals surface area contributed by atoms with E-state index in [4.69, 9.17) is 10.8 Å². The van der Waals surface area contributed by atoms with Gasteiger partial charge in [-0.15, -0.1) is 0 Å². The van der Waals surface area contributed by atoms with Crippen molar-refractivity contribution in [2.24, 2.45) is 0 Å². The maximum absolute atomic E-state index is 12.2. The standard InChI is InChI=1S/C11H17BrN2O3S2/c1-7(11(6-15)18-2)14-19(16,17)8-3-4-9(12)10(13)5-8/h3-5,7,11,14-15H,6,13H2,1-2H3. The average molecular weight is 369 g/mol. The minimum absolute atomic E-state index is 0.0900. The summed E-state index contributed by atoms with van der Waals surface area (Å²) in [5, 5.41) is 8.97. The number of rotatable bonds is 6. The van der Waals surface area contributed by atoms with Gasteiger partial charge in [0.15, 0.2) is 0 Å². The Kier molecular flexibility index (Phi) is 6.13. The van der Waals surface area contributed by atoms with E-state index in [-0.39, 0.29) is 22.8 Å². The second kappa shape index (κ2) is 6.94. The number of thioether (sulfide) groups is 1. The van der Waals surface area contributed by atoms with Crippen molar-refractivity contribution in [2.45, 2.75) is 23.1 Å². The Balaban J connectivity index is 2.95. The Hall–Kier alpha value is -0.280. The minimum atomic E-state index is -3.64. The van der Waals surface area contributed by atoms with Gasteiger partial charge >= 0.3 is 0 Å². The molecule has 0 aliphatic rings. The van der Waals surface area contributed by atoms with E-state index in [0.29, 0.717) is 10.2 Å². The van der Waals surface area contributed by atoms with Gasteiger partial charge in [-0.3, -0.25) is 0 Å². The predicted octanol–water partition coefficient (Wildman–Crippen LogP) is 1.42. The molecule has 1 rings (SSSR count). The van der Waals surface area contributed by atoms with E-state index >= 15 is 0 Å². The summed E-state index contributed by atoms with van der Waals surface area (Å²) in [5.74, 6) is 0. The molecule has 4 N–H and O–H groups in total. The molecule has 108 valence electrons. The highest BCUT2D eigenvalue weighted by atomic mass is 79.9. The van der Waals surface area contributed by atoms with E-state index in [1.54, 1.807) is 13.0 Å². The third-order valence-electron chi connectivity index (χ3n) is 2.66. The lowest BCUT2D eigenvalue weighted by atomic mass is 10.3. The zero-order valence-electron chi connectivity index (χ0n) is 10.6. The highest BCUT2D eigenvalue weighted by Gasteiger charge is 2.23. The molecule has 2 unspecified atom stereocenters. The van der Waals surface area contributed by atoms with Gasteiger partial charge in [-0.2, -0.15) is 11.8 Å². The molecule has 0 spiro atoms. The molecule has 0 radical (unpaired) electrons. The van der Waals surface area contributed by atoms with Crippen molar-refractivity contribution in [2.75, 3.05) is 18.6 Å². The second-order valence-electron chi connectivity index (χ2n) is 4.05. The number of aliphatic hydroxyl groups is 1. The molecule has 0 amide bonds. The number of nitrogens with one attached hydrogen (secondary N) is 1. The van der Waals surface area contributed by atoms with Crippen molar-refractivity contribution in [1.29, 1.82) is 0 Å². The smallest absolute Gasteiger partial charge is 0.240 e. The molecule has 2 atom stereocenters. The van der Waals surface area contributed by atoms with Crippen LogP contribution in [0, 0.1) is 0 Å². The first-order chi connectivity index (χ1) is 8.81. The van der Waals surface area contributed by atoms with Gasteiger partial charge in [-0.25, -0.2) is 13.1 Å². The van der Waals surface area contributed by atoms with Gasteiger partial charge in [0.25, 0.3) is 0 Å². The Morgan fingerprint density at radius 1 is 1.53 bits per heavy atom. The number of halogens is 1. The summed E-state index contributed by atoms with van der Waals surface area (Å²) in [6.07, 6.45) is 1.82. The number of aliphatic hydroxyl groups excluding tert-OH is 1. The van der Waals surface area contributed by atoms with Crippen molar-refractivity contribution in [3.05, 3.63) is 22.7 Å². The molecule has 8 heteroatoms. The molecule has 0 aliphatic heterocycles. The van der Waals surface area contributed by atoms with Crippen LogP contribution in [-0.2, 0) is 10.0 Å². The fraction of sp³-hybridized carbons (Fsp3) is 0.455. The third-order valence-corrected chi connectivity index (χ3v) is 6.10. The van der Waals surface area contributed by atoms with E-state index in [1.165, 1.54) is 23.9 Å². The third kappa shape index (κ3) is 4.35. The summed E-state index contributed by atoms with van der Waals surface area (Å²) in [6.45, 7) is 1.63. The zero-order chi connectivity index (χ0) is 14.6. The molecule has 19 heavy (non-hydrogen) atoms. The SMILES string of the molecule is CSC(CO)C(C)NS(=O)(=O)c1ccc(Br)c(N)c1. The second-order valence-corrected chi connectivity index (χ2v) is 7.70. The Labute approximate surface area is 126 Å². The fourth-order valence-electron chi connectivity index (χ4n) is 1.51. The highest BCUT2D eigenvalue weighted by molar-refractivity contribution is 9.10. The van der Waals surface area contributed by atoms with Crippen molar-refractivity contribution < 1.29 is 13.5 Å². The molecule has 0 aromatic heterocycles.